The maximum absolute atomic E-state index is 13.7. The van der Waals surface area contributed by atoms with Crippen LogP contribution in [0.3, 0.4) is 0 Å². The number of rotatable bonds is 9. The number of halogens is 1. The number of carbonyl (C=O) groups excluding carboxylic acids is 2. The zero-order chi connectivity index (χ0) is 20.8. The predicted molar refractivity (Wildman–Crippen MR) is 114 cm³/mol. The van der Waals surface area contributed by atoms with Gasteiger partial charge < -0.3 is 15.5 Å². The summed E-state index contributed by atoms with van der Waals surface area (Å²) in [4.78, 5) is 27.0. The highest BCUT2D eigenvalue weighted by atomic mass is 19.1. The molecular formula is C23H28FN3O2. The van der Waals surface area contributed by atoms with Crippen molar-refractivity contribution in [2.75, 3.05) is 29.9 Å². The van der Waals surface area contributed by atoms with Crippen molar-refractivity contribution in [1.29, 1.82) is 0 Å². The van der Waals surface area contributed by atoms with Gasteiger partial charge in [0.15, 0.2) is 0 Å². The van der Waals surface area contributed by atoms with Crippen molar-refractivity contribution < 1.29 is 14.0 Å². The van der Waals surface area contributed by atoms with E-state index in [9.17, 15) is 14.0 Å². The molecule has 2 atom stereocenters. The van der Waals surface area contributed by atoms with Crippen molar-refractivity contribution in [3.63, 3.8) is 0 Å². The molecule has 2 N–H and O–H groups in total. The van der Waals surface area contributed by atoms with Crippen LogP contribution in [0.2, 0.25) is 0 Å². The van der Waals surface area contributed by atoms with Crippen molar-refractivity contribution in [3.8, 4) is 0 Å². The Hall–Kier alpha value is -2.89. The van der Waals surface area contributed by atoms with Crippen LogP contribution in [0, 0.1) is 17.7 Å². The molecule has 1 aliphatic rings. The topological polar surface area (TPSA) is 61.4 Å². The highest BCUT2D eigenvalue weighted by Crippen LogP contribution is 2.38. The number of carbonyl (C=O) groups is 2. The number of nitrogens with one attached hydrogen (secondary N) is 2. The summed E-state index contributed by atoms with van der Waals surface area (Å²) in [6.45, 7) is 6.24. The zero-order valence-electron chi connectivity index (χ0n) is 17.0. The Kier molecular flexibility index (Phi) is 6.86. The van der Waals surface area contributed by atoms with Gasteiger partial charge >= 0.3 is 0 Å². The summed E-state index contributed by atoms with van der Waals surface area (Å²) in [6, 6.07) is 14.0. The third kappa shape index (κ3) is 5.56. The summed E-state index contributed by atoms with van der Waals surface area (Å²) in [5, 5.41) is 5.62. The van der Waals surface area contributed by atoms with Gasteiger partial charge in [-0.15, -0.1) is 0 Å². The first kappa shape index (κ1) is 20.8. The standard InChI is InChI=1S/C23H28FN3O2/c1-3-27(18-8-5-4-6-9-18)13-7-12-25-22(28)20-15-17(24)10-11-21(20)26-23(29)19-14-16(19)2/h4-6,8-11,15-16,19H,3,7,12-14H2,1-2H3,(H,25,28)(H,26,29)/t16-,19+/m0/s1. The number of amides is 2. The van der Waals surface area contributed by atoms with Gasteiger partial charge in [-0.2, -0.15) is 0 Å². The molecule has 0 aliphatic heterocycles. The van der Waals surface area contributed by atoms with E-state index in [2.05, 4.69) is 34.6 Å². The van der Waals surface area contributed by atoms with Crippen molar-refractivity contribution in [3.05, 3.63) is 59.9 Å². The number of anilines is 2. The molecule has 0 aromatic heterocycles. The Balaban J connectivity index is 1.54. The molecule has 2 aromatic carbocycles. The average molecular weight is 397 g/mol. The molecule has 29 heavy (non-hydrogen) atoms. The summed E-state index contributed by atoms with van der Waals surface area (Å²) in [6.07, 6.45) is 1.61. The molecule has 3 rings (SSSR count). The van der Waals surface area contributed by atoms with Crippen molar-refractivity contribution in [2.24, 2.45) is 11.8 Å². The number of hydrogen-bond donors (Lipinski definition) is 2. The first-order chi connectivity index (χ1) is 14.0. The van der Waals surface area contributed by atoms with E-state index >= 15 is 0 Å². The van der Waals surface area contributed by atoms with Crippen molar-refractivity contribution in [1.82, 2.24) is 5.32 Å². The molecule has 0 spiro atoms. The summed E-state index contributed by atoms with van der Waals surface area (Å²) >= 11 is 0. The molecule has 6 heteroatoms. The van der Waals surface area contributed by atoms with E-state index in [0.29, 0.717) is 18.2 Å². The van der Waals surface area contributed by atoms with Gasteiger partial charge in [0, 0.05) is 31.2 Å². The van der Waals surface area contributed by atoms with Gasteiger partial charge in [0.25, 0.3) is 5.91 Å². The molecule has 0 unspecified atom stereocenters. The maximum atomic E-state index is 13.7. The average Bonchev–Trinajstić information content (AvgIpc) is 3.46. The lowest BCUT2D eigenvalue weighted by molar-refractivity contribution is -0.117. The molecule has 2 aromatic rings. The lowest BCUT2D eigenvalue weighted by Gasteiger charge is -2.23. The fraction of sp³-hybridized carbons (Fsp3) is 0.391. The first-order valence-electron chi connectivity index (χ1n) is 10.2. The largest absolute Gasteiger partial charge is 0.372 e. The number of para-hydroxylation sites is 1. The van der Waals surface area contributed by atoms with Crippen LogP contribution in [0.15, 0.2) is 48.5 Å². The summed E-state index contributed by atoms with van der Waals surface area (Å²) in [7, 11) is 0. The molecule has 5 nitrogen and oxygen atoms in total. The molecule has 0 bridgehead atoms. The van der Waals surface area contributed by atoms with Crippen LogP contribution in [0.1, 0.15) is 37.0 Å². The van der Waals surface area contributed by atoms with Gasteiger partial charge in [0.1, 0.15) is 5.82 Å². The van der Waals surface area contributed by atoms with Gasteiger partial charge in [-0.3, -0.25) is 9.59 Å². The maximum Gasteiger partial charge on any atom is 0.253 e. The van der Waals surface area contributed by atoms with E-state index in [1.165, 1.54) is 18.2 Å². The smallest absolute Gasteiger partial charge is 0.253 e. The molecule has 154 valence electrons. The van der Waals surface area contributed by atoms with Crippen LogP contribution < -0.4 is 15.5 Å². The Morgan fingerprint density at radius 3 is 2.55 bits per heavy atom. The van der Waals surface area contributed by atoms with E-state index in [0.717, 1.165) is 31.6 Å². The molecule has 1 fully saturated rings. The molecule has 1 aliphatic carbocycles. The monoisotopic (exact) mass is 397 g/mol. The Morgan fingerprint density at radius 1 is 1.17 bits per heavy atom. The summed E-state index contributed by atoms with van der Waals surface area (Å²) < 4.78 is 13.7. The van der Waals surface area contributed by atoms with E-state index in [4.69, 9.17) is 0 Å². The molecule has 2 amide bonds. The van der Waals surface area contributed by atoms with Crippen LogP contribution in [0.5, 0.6) is 0 Å². The fourth-order valence-corrected chi connectivity index (χ4v) is 3.40. The second-order valence-corrected chi connectivity index (χ2v) is 7.52. The molecule has 0 saturated heterocycles. The highest BCUT2D eigenvalue weighted by molar-refractivity contribution is 6.04. The Labute approximate surface area is 171 Å². The van der Waals surface area contributed by atoms with E-state index < -0.39 is 5.82 Å². The van der Waals surface area contributed by atoms with Crippen molar-refractivity contribution in [2.45, 2.75) is 26.7 Å². The lowest BCUT2D eigenvalue weighted by Crippen LogP contribution is -2.30. The zero-order valence-corrected chi connectivity index (χ0v) is 17.0. The quantitative estimate of drug-likeness (QED) is 0.627. The number of benzene rings is 2. The third-order valence-corrected chi connectivity index (χ3v) is 5.32. The lowest BCUT2D eigenvalue weighted by atomic mass is 10.1. The molecule has 1 saturated carbocycles. The van der Waals surface area contributed by atoms with Crippen LogP contribution in [-0.2, 0) is 4.79 Å². The summed E-state index contributed by atoms with van der Waals surface area (Å²) in [5.74, 6) is -0.659. The molecular weight excluding hydrogens is 369 g/mol. The molecule has 0 heterocycles. The minimum Gasteiger partial charge on any atom is -0.372 e. The van der Waals surface area contributed by atoms with E-state index in [-0.39, 0.29) is 23.3 Å². The second-order valence-electron chi connectivity index (χ2n) is 7.52. The van der Waals surface area contributed by atoms with Gasteiger partial charge in [-0.25, -0.2) is 4.39 Å². The second kappa shape index (κ2) is 9.54. The number of hydrogen-bond acceptors (Lipinski definition) is 3. The Morgan fingerprint density at radius 2 is 1.90 bits per heavy atom. The van der Waals surface area contributed by atoms with E-state index in [1.54, 1.807) is 0 Å². The SMILES string of the molecule is CCN(CCCNC(=O)c1cc(F)ccc1NC(=O)[C@@H]1C[C@@H]1C)c1ccccc1. The normalized spacial score (nSPS) is 17.5. The number of nitrogens with zero attached hydrogens (tertiary/aromatic N) is 1. The first-order valence-corrected chi connectivity index (χ1v) is 10.2. The van der Waals surface area contributed by atoms with Gasteiger partial charge in [-0.1, -0.05) is 25.1 Å². The Bertz CT molecular complexity index is 856. The van der Waals surface area contributed by atoms with Crippen LogP contribution >= 0.6 is 0 Å². The van der Waals surface area contributed by atoms with Crippen LogP contribution in [-0.4, -0.2) is 31.4 Å². The van der Waals surface area contributed by atoms with Crippen molar-refractivity contribution >= 4 is 23.2 Å². The third-order valence-electron chi connectivity index (χ3n) is 5.32. The summed E-state index contributed by atoms with van der Waals surface area (Å²) in [5.41, 5.74) is 1.65. The fourth-order valence-electron chi connectivity index (χ4n) is 3.40. The van der Waals surface area contributed by atoms with Gasteiger partial charge in [0.05, 0.1) is 11.3 Å². The molecule has 0 radical (unpaired) electrons. The van der Waals surface area contributed by atoms with E-state index in [1.807, 2.05) is 25.1 Å². The minimum absolute atomic E-state index is 0.0195. The predicted octanol–water partition coefficient (Wildman–Crippen LogP) is 4.07. The van der Waals surface area contributed by atoms with Gasteiger partial charge in [0.2, 0.25) is 5.91 Å². The highest BCUT2D eigenvalue weighted by Gasteiger charge is 2.39. The van der Waals surface area contributed by atoms with Crippen LogP contribution in [0.25, 0.3) is 0 Å². The van der Waals surface area contributed by atoms with Crippen LogP contribution in [0.4, 0.5) is 15.8 Å². The minimum atomic E-state index is -0.505. The van der Waals surface area contributed by atoms with Gasteiger partial charge in [-0.05, 0) is 56.0 Å².